The van der Waals surface area contributed by atoms with Crippen molar-refractivity contribution in [2.75, 3.05) is 77.2 Å². The summed E-state index contributed by atoms with van der Waals surface area (Å²) in [6.07, 6.45) is -0.168. The third-order valence-corrected chi connectivity index (χ3v) is 16.6. The molecule has 2 atom stereocenters. The van der Waals surface area contributed by atoms with Gasteiger partial charge < -0.3 is 28.4 Å². The lowest BCUT2D eigenvalue weighted by atomic mass is 10.2. The first kappa shape index (κ1) is 28.8. The quantitative estimate of drug-likeness (QED) is 0.181. The minimum Gasteiger partial charge on any atom is -0.382 e. The van der Waals surface area contributed by atoms with Gasteiger partial charge in [-0.3, -0.25) is 0 Å². The summed E-state index contributed by atoms with van der Waals surface area (Å²) in [5.74, 6) is 4.06. The van der Waals surface area contributed by atoms with Crippen LogP contribution < -0.4 is 0 Å². The monoisotopic (exact) mass is 620 g/mol. The molecule has 192 valence electrons. The van der Waals surface area contributed by atoms with Gasteiger partial charge >= 0.3 is 0 Å². The van der Waals surface area contributed by atoms with Crippen LogP contribution in [0.5, 0.6) is 0 Å². The highest BCUT2D eigenvalue weighted by Gasteiger charge is 2.35. The summed E-state index contributed by atoms with van der Waals surface area (Å²) in [5, 5.41) is 0. The summed E-state index contributed by atoms with van der Waals surface area (Å²) >= 11 is 15.5. The fourth-order valence-corrected chi connectivity index (χ4v) is 15.2. The molecular weight excluding hydrogens is 593 g/mol. The van der Waals surface area contributed by atoms with Gasteiger partial charge in [-0.2, -0.15) is 0 Å². The van der Waals surface area contributed by atoms with Crippen LogP contribution in [0, 0.1) is 0 Å². The Kier molecular flexibility index (Phi) is 13.6. The van der Waals surface area contributed by atoms with Crippen LogP contribution in [-0.2, 0) is 28.4 Å². The molecule has 0 saturated heterocycles. The highest BCUT2D eigenvalue weighted by molar-refractivity contribution is 8.45. The maximum atomic E-state index is 6.11. The van der Waals surface area contributed by atoms with Crippen LogP contribution in [0.4, 0.5) is 0 Å². The molecule has 0 spiro atoms. The molecule has 0 N–H and O–H groups in total. The van der Waals surface area contributed by atoms with Gasteiger partial charge in [-0.05, 0) is 0 Å². The lowest BCUT2D eigenvalue weighted by molar-refractivity contribution is -0.158. The average molecular weight is 621 g/mol. The molecule has 14 heteroatoms. The Hall–Kier alpha value is 1.78. The molecule has 4 aliphatic heterocycles. The number of ether oxygens (including phenoxy) is 6. The number of hydrogen-bond acceptors (Lipinski definition) is 14. The van der Waals surface area contributed by atoms with Crippen molar-refractivity contribution in [3.05, 3.63) is 25.4 Å². The van der Waals surface area contributed by atoms with Gasteiger partial charge in [0.15, 0.2) is 0 Å². The Bertz CT molecular complexity index is 718. The van der Waals surface area contributed by atoms with E-state index in [0.29, 0.717) is 26.4 Å². The van der Waals surface area contributed by atoms with Crippen molar-refractivity contribution in [2.45, 2.75) is 12.2 Å². The van der Waals surface area contributed by atoms with E-state index >= 15 is 0 Å². The summed E-state index contributed by atoms with van der Waals surface area (Å²) in [6, 6.07) is 0. The van der Waals surface area contributed by atoms with Gasteiger partial charge in [-0.1, -0.05) is 47.0 Å². The summed E-state index contributed by atoms with van der Waals surface area (Å²) in [6.45, 7) is 2.59. The van der Waals surface area contributed by atoms with Gasteiger partial charge in [0.2, 0.25) is 0 Å². The molecule has 0 fully saturated rings. The zero-order valence-electron chi connectivity index (χ0n) is 18.9. The maximum absolute atomic E-state index is 6.11. The molecule has 0 saturated carbocycles. The van der Waals surface area contributed by atoms with Gasteiger partial charge in [-0.15, -0.1) is 47.0 Å². The average Bonchev–Trinajstić information content (AvgIpc) is 3.45. The molecule has 4 rings (SSSR count). The Morgan fingerprint density at radius 3 is 1.38 bits per heavy atom. The molecule has 0 aromatic heterocycles. The first-order valence-electron chi connectivity index (χ1n) is 10.6. The molecule has 0 unspecified atom stereocenters. The lowest BCUT2D eigenvalue weighted by Gasteiger charge is -2.28. The Labute approximate surface area is 235 Å². The molecule has 0 aromatic carbocycles. The van der Waals surface area contributed by atoms with Gasteiger partial charge in [0.25, 0.3) is 0 Å². The number of thioether (sulfide) groups is 8. The van der Waals surface area contributed by atoms with Crippen molar-refractivity contribution in [1.82, 2.24) is 0 Å². The molecule has 0 aliphatic carbocycles. The second-order valence-corrected chi connectivity index (χ2v) is 16.8. The van der Waals surface area contributed by atoms with Crippen LogP contribution in [0.15, 0.2) is 25.4 Å². The molecule has 4 heterocycles. The maximum Gasteiger partial charge on any atom is 0.147 e. The first-order valence-corrected chi connectivity index (χ1v) is 17.8. The first-order chi connectivity index (χ1) is 16.8. The van der Waals surface area contributed by atoms with Crippen LogP contribution in [0.25, 0.3) is 0 Å². The largest absolute Gasteiger partial charge is 0.382 e. The van der Waals surface area contributed by atoms with E-state index in [-0.39, 0.29) is 25.8 Å². The highest BCUT2D eigenvalue weighted by Crippen LogP contribution is 2.67. The number of hydrogen-bond donors (Lipinski definition) is 0. The van der Waals surface area contributed by atoms with E-state index in [9.17, 15) is 0 Å². The van der Waals surface area contributed by atoms with E-state index < -0.39 is 0 Å². The number of rotatable bonds is 12. The number of methoxy groups -OCH3 is 2. The third-order valence-electron chi connectivity index (χ3n) is 4.56. The second-order valence-electron chi connectivity index (χ2n) is 6.90. The van der Waals surface area contributed by atoms with Gasteiger partial charge in [-0.25, -0.2) is 0 Å². The second kappa shape index (κ2) is 16.0. The predicted molar refractivity (Wildman–Crippen MR) is 156 cm³/mol. The third kappa shape index (κ3) is 8.65. The van der Waals surface area contributed by atoms with Crippen LogP contribution in [0.2, 0.25) is 0 Å². The smallest absolute Gasteiger partial charge is 0.147 e. The van der Waals surface area contributed by atoms with Crippen molar-refractivity contribution in [3.63, 3.8) is 0 Å². The zero-order valence-corrected chi connectivity index (χ0v) is 25.5. The van der Waals surface area contributed by atoms with Crippen LogP contribution in [-0.4, -0.2) is 89.5 Å². The molecule has 0 bridgehead atoms. The van der Waals surface area contributed by atoms with Crippen LogP contribution >= 0.6 is 94.1 Å². The zero-order chi connectivity index (χ0) is 23.6. The fourth-order valence-electron chi connectivity index (χ4n) is 2.85. The van der Waals surface area contributed by atoms with E-state index in [2.05, 4.69) is 0 Å². The van der Waals surface area contributed by atoms with E-state index in [4.69, 9.17) is 28.4 Å². The Morgan fingerprint density at radius 2 is 0.971 bits per heavy atom. The SMILES string of the molecule is COCCOCO[C@H]1CSC2=C(SC[C@@H]1OCOCCOC)SC(=C1SC3=C(SCCS3)S1)S2. The Balaban J connectivity index is 1.33. The van der Waals surface area contributed by atoms with Crippen molar-refractivity contribution in [3.8, 4) is 0 Å². The predicted octanol–water partition coefficient (Wildman–Crippen LogP) is 6.30. The summed E-state index contributed by atoms with van der Waals surface area (Å²) in [5.41, 5.74) is 0. The van der Waals surface area contributed by atoms with E-state index in [1.54, 1.807) is 14.2 Å². The molecular formula is C20H28O6S8. The van der Waals surface area contributed by atoms with Gasteiger partial charge in [0.1, 0.15) is 13.6 Å². The fraction of sp³-hybridized carbons (Fsp3) is 0.700. The summed E-state index contributed by atoms with van der Waals surface area (Å²) in [7, 11) is 3.33. The summed E-state index contributed by atoms with van der Waals surface area (Å²) in [4.78, 5) is 0. The van der Waals surface area contributed by atoms with Crippen LogP contribution in [0.1, 0.15) is 0 Å². The normalized spacial score (nSPS) is 25.6. The van der Waals surface area contributed by atoms with Crippen LogP contribution in [0.3, 0.4) is 0 Å². The van der Waals surface area contributed by atoms with E-state index in [1.807, 2.05) is 94.1 Å². The molecule has 4 aliphatic rings. The molecule has 0 radical (unpaired) electrons. The standard InChI is InChI=1S/C20H28O6S8/c1-21-3-5-23-11-25-13-9-29-17-18(30-10-14(13)26-12-24-6-4-22-2)34-20(33-17)19-31-15-16(32-19)28-8-7-27-15/h13-14H,3-12H2,1-2H3/t13-,14-/m0/s1. The lowest BCUT2D eigenvalue weighted by Crippen LogP contribution is -2.37. The van der Waals surface area contributed by atoms with Gasteiger partial charge in [0.05, 0.1) is 64.1 Å². The van der Waals surface area contributed by atoms with E-state index in [0.717, 1.165) is 11.5 Å². The Morgan fingerprint density at radius 1 is 0.559 bits per heavy atom. The molecule has 34 heavy (non-hydrogen) atoms. The highest BCUT2D eigenvalue weighted by atomic mass is 32.3. The molecule has 6 nitrogen and oxygen atoms in total. The van der Waals surface area contributed by atoms with Crippen molar-refractivity contribution >= 4 is 94.1 Å². The van der Waals surface area contributed by atoms with E-state index in [1.165, 1.54) is 36.9 Å². The minimum atomic E-state index is -0.0839. The van der Waals surface area contributed by atoms with Crippen molar-refractivity contribution in [2.24, 2.45) is 0 Å². The molecule has 0 amide bonds. The van der Waals surface area contributed by atoms with Crippen molar-refractivity contribution in [1.29, 1.82) is 0 Å². The summed E-state index contributed by atoms with van der Waals surface area (Å²) < 4.78 is 42.0. The topological polar surface area (TPSA) is 55.4 Å². The minimum absolute atomic E-state index is 0.0839. The molecule has 0 aromatic rings. The van der Waals surface area contributed by atoms with Gasteiger partial charge in [0, 0.05) is 37.2 Å². The van der Waals surface area contributed by atoms with Crippen molar-refractivity contribution < 1.29 is 28.4 Å².